The number of aryl methyl sites for hydroxylation is 1. The first-order valence-corrected chi connectivity index (χ1v) is 8.47. The molecule has 0 aliphatic rings. The number of aromatic nitrogens is 1. The molecule has 3 rings (SSSR count). The number of carbonyl (C=O) groups is 2. The van der Waals surface area contributed by atoms with Gasteiger partial charge >= 0.3 is 12.1 Å². The van der Waals surface area contributed by atoms with Gasteiger partial charge in [-0.05, 0) is 23.3 Å². The number of carboxylic acids is 1. The average molecular weight is 395 g/mol. The van der Waals surface area contributed by atoms with Crippen molar-refractivity contribution in [1.29, 1.82) is 0 Å². The van der Waals surface area contributed by atoms with Crippen molar-refractivity contribution < 1.29 is 29.4 Å². The predicted octanol–water partition coefficient (Wildman–Crippen LogP) is 2.38. The third-order valence-electron chi connectivity index (χ3n) is 4.32. The smallest absolute Gasteiger partial charge is 0.373 e. The number of hydrogen-bond acceptors (Lipinski definition) is 6. The zero-order valence-electron chi connectivity index (χ0n) is 15.4. The van der Waals surface area contributed by atoms with E-state index in [-0.39, 0.29) is 18.1 Å². The molecule has 8 heteroatoms. The van der Waals surface area contributed by atoms with Gasteiger partial charge in [-0.25, -0.2) is 0 Å². The number of carbonyl (C=O) groups excluding carboxylic acids is 3. The van der Waals surface area contributed by atoms with Crippen molar-refractivity contribution in [1.82, 2.24) is 4.57 Å². The summed E-state index contributed by atoms with van der Waals surface area (Å²) in [5.41, 5.74) is 1.24. The Hall–Kier alpha value is -4.03. The summed E-state index contributed by atoms with van der Waals surface area (Å²) in [4.78, 5) is 51.7. The maximum absolute atomic E-state index is 12.5. The van der Waals surface area contributed by atoms with Crippen LogP contribution in [0.3, 0.4) is 0 Å². The Kier molecular flexibility index (Phi) is 6.79. The Bertz CT molecular complexity index is 1160. The van der Waals surface area contributed by atoms with Gasteiger partial charge in [-0.2, -0.15) is 9.59 Å². The largest absolute Gasteiger partial charge is 0.506 e. The number of fused-ring (bicyclic) bond motifs is 1. The first kappa shape index (κ1) is 21.3. The summed E-state index contributed by atoms with van der Waals surface area (Å²) >= 11 is 0. The highest BCUT2D eigenvalue weighted by Gasteiger charge is 2.21. The molecule has 0 unspecified atom stereocenters. The Morgan fingerprint density at radius 3 is 2.21 bits per heavy atom. The standard InChI is InChI=1S/C20H17NO5.CO2/c1-21-15-8-7-13(12-5-3-2-4-6-12)11-14(15)19(25)18(20(21)26)16(22)9-10-17(23)24;2-1-3/h2-8,11,25H,9-10H2,1H3,(H,23,24);. The zero-order valence-corrected chi connectivity index (χ0v) is 15.4. The molecule has 0 saturated heterocycles. The molecule has 1 aromatic heterocycles. The number of ketones is 1. The van der Waals surface area contributed by atoms with E-state index in [1.54, 1.807) is 12.1 Å². The number of Topliss-reactive ketones (excluding diaryl/α,β-unsaturated/α-hetero) is 1. The Morgan fingerprint density at radius 2 is 1.62 bits per heavy atom. The molecule has 0 aliphatic carbocycles. The van der Waals surface area contributed by atoms with E-state index in [0.29, 0.717) is 10.9 Å². The summed E-state index contributed by atoms with van der Waals surface area (Å²) in [6.07, 6.45) is -0.495. The van der Waals surface area contributed by atoms with Gasteiger partial charge < -0.3 is 14.8 Å². The molecular weight excluding hydrogens is 378 g/mol. The highest BCUT2D eigenvalue weighted by atomic mass is 16.4. The molecule has 0 fully saturated rings. The molecule has 0 aliphatic heterocycles. The molecule has 2 aromatic carbocycles. The summed E-state index contributed by atoms with van der Waals surface area (Å²) in [5.74, 6) is -2.23. The van der Waals surface area contributed by atoms with Crippen LogP contribution in [0, 0.1) is 0 Å². The van der Waals surface area contributed by atoms with Crippen LogP contribution in [0.2, 0.25) is 0 Å². The van der Waals surface area contributed by atoms with Crippen LogP contribution in [-0.2, 0) is 21.4 Å². The van der Waals surface area contributed by atoms with E-state index in [0.717, 1.165) is 11.1 Å². The van der Waals surface area contributed by atoms with E-state index < -0.39 is 29.5 Å². The molecule has 1 heterocycles. The van der Waals surface area contributed by atoms with E-state index in [1.807, 2.05) is 36.4 Å². The van der Waals surface area contributed by atoms with Crippen molar-refractivity contribution in [3.63, 3.8) is 0 Å². The lowest BCUT2D eigenvalue weighted by Crippen LogP contribution is -2.25. The second kappa shape index (κ2) is 9.25. The molecule has 0 saturated carbocycles. The molecule has 29 heavy (non-hydrogen) atoms. The number of nitrogens with zero attached hydrogens (tertiary/aromatic N) is 1. The first-order chi connectivity index (χ1) is 13.8. The number of aliphatic carboxylic acids is 1. The Balaban J connectivity index is 0.000000941. The van der Waals surface area contributed by atoms with Crippen molar-refractivity contribution in [2.75, 3.05) is 0 Å². The summed E-state index contributed by atoms with van der Waals surface area (Å²) in [6, 6.07) is 14.8. The topological polar surface area (TPSA) is 131 Å². The van der Waals surface area contributed by atoms with Gasteiger partial charge in [0, 0.05) is 18.9 Å². The van der Waals surface area contributed by atoms with Crippen LogP contribution in [0.25, 0.3) is 22.0 Å². The van der Waals surface area contributed by atoms with Crippen LogP contribution in [0.5, 0.6) is 5.75 Å². The van der Waals surface area contributed by atoms with E-state index >= 15 is 0 Å². The fourth-order valence-corrected chi connectivity index (χ4v) is 2.94. The molecule has 8 nitrogen and oxygen atoms in total. The molecule has 0 bridgehead atoms. The predicted molar refractivity (Wildman–Crippen MR) is 102 cm³/mol. The summed E-state index contributed by atoms with van der Waals surface area (Å²) in [7, 11) is 1.51. The van der Waals surface area contributed by atoms with Gasteiger partial charge in [-0.1, -0.05) is 36.4 Å². The van der Waals surface area contributed by atoms with Gasteiger partial charge in [0.1, 0.15) is 11.3 Å². The van der Waals surface area contributed by atoms with E-state index in [4.69, 9.17) is 14.7 Å². The quantitative estimate of drug-likeness (QED) is 0.634. The lowest BCUT2D eigenvalue weighted by atomic mass is 9.99. The van der Waals surface area contributed by atoms with Crippen LogP contribution in [-0.4, -0.2) is 32.7 Å². The lowest BCUT2D eigenvalue weighted by molar-refractivity contribution is -0.191. The van der Waals surface area contributed by atoms with Crippen molar-refractivity contribution in [3.8, 4) is 16.9 Å². The second-order valence-corrected chi connectivity index (χ2v) is 6.09. The Labute approximate surface area is 164 Å². The Morgan fingerprint density at radius 1 is 1.00 bits per heavy atom. The normalized spacial score (nSPS) is 9.97. The molecule has 2 N–H and O–H groups in total. The molecule has 3 aromatic rings. The van der Waals surface area contributed by atoms with Crippen molar-refractivity contribution in [2.24, 2.45) is 7.05 Å². The highest BCUT2D eigenvalue weighted by molar-refractivity contribution is 6.04. The summed E-state index contributed by atoms with van der Waals surface area (Å²) < 4.78 is 1.29. The number of rotatable bonds is 5. The number of aromatic hydroxyl groups is 1. The highest BCUT2D eigenvalue weighted by Crippen LogP contribution is 2.31. The van der Waals surface area contributed by atoms with Crippen LogP contribution in [0.4, 0.5) is 0 Å². The number of benzene rings is 2. The minimum atomic E-state index is -1.14. The minimum Gasteiger partial charge on any atom is -0.506 e. The maximum atomic E-state index is 12.5. The fourth-order valence-electron chi connectivity index (χ4n) is 2.94. The van der Waals surface area contributed by atoms with Gasteiger partial charge in [-0.3, -0.25) is 14.4 Å². The number of carboxylic acid groups (broad SMARTS) is 1. The van der Waals surface area contributed by atoms with Gasteiger partial charge in [-0.15, -0.1) is 0 Å². The van der Waals surface area contributed by atoms with Gasteiger partial charge in [0.25, 0.3) is 5.56 Å². The summed E-state index contributed by atoms with van der Waals surface area (Å²) in [6.45, 7) is 0. The lowest BCUT2D eigenvalue weighted by Gasteiger charge is -2.12. The second-order valence-electron chi connectivity index (χ2n) is 6.09. The van der Waals surface area contributed by atoms with Gasteiger partial charge in [0.15, 0.2) is 5.78 Å². The number of pyridine rings is 1. The molecule has 0 spiro atoms. The molecule has 0 atom stereocenters. The minimum absolute atomic E-state index is 0.250. The van der Waals surface area contributed by atoms with Crippen molar-refractivity contribution >= 4 is 28.8 Å². The van der Waals surface area contributed by atoms with Crippen LogP contribution >= 0.6 is 0 Å². The van der Waals surface area contributed by atoms with Crippen LogP contribution in [0.1, 0.15) is 23.2 Å². The maximum Gasteiger partial charge on any atom is 0.373 e. The number of hydrogen-bond donors (Lipinski definition) is 2. The zero-order chi connectivity index (χ0) is 21.6. The molecule has 148 valence electrons. The van der Waals surface area contributed by atoms with Gasteiger partial charge in [0.05, 0.1) is 11.9 Å². The van der Waals surface area contributed by atoms with Gasteiger partial charge in [0.2, 0.25) is 0 Å². The average Bonchev–Trinajstić information content (AvgIpc) is 2.71. The third kappa shape index (κ3) is 4.63. The van der Waals surface area contributed by atoms with E-state index in [1.165, 1.54) is 11.6 Å². The van der Waals surface area contributed by atoms with E-state index in [9.17, 15) is 19.5 Å². The molecular formula is C21H17NO7. The third-order valence-corrected chi connectivity index (χ3v) is 4.32. The van der Waals surface area contributed by atoms with Crippen molar-refractivity contribution in [2.45, 2.75) is 12.8 Å². The summed E-state index contributed by atoms with van der Waals surface area (Å²) in [5, 5.41) is 19.7. The first-order valence-electron chi connectivity index (χ1n) is 8.47. The van der Waals surface area contributed by atoms with E-state index in [2.05, 4.69) is 0 Å². The molecule has 0 radical (unpaired) electrons. The molecule has 0 amide bonds. The SMILES string of the molecule is Cn1c(=O)c(C(=O)CCC(=O)O)c(O)c2cc(-c3ccccc3)ccc21.O=C=O. The monoisotopic (exact) mass is 395 g/mol. The van der Waals surface area contributed by atoms with Crippen LogP contribution < -0.4 is 5.56 Å². The fraction of sp³-hybridized carbons (Fsp3) is 0.143. The van der Waals surface area contributed by atoms with Crippen molar-refractivity contribution in [3.05, 3.63) is 64.4 Å². The van der Waals surface area contributed by atoms with Crippen LogP contribution in [0.15, 0.2) is 53.3 Å².